The summed E-state index contributed by atoms with van der Waals surface area (Å²) < 4.78 is 10.4. The van der Waals surface area contributed by atoms with Gasteiger partial charge in [-0.05, 0) is 19.8 Å². The van der Waals surface area contributed by atoms with Crippen LogP contribution in [0, 0.1) is 0 Å². The summed E-state index contributed by atoms with van der Waals surface area (Å²) in [4.78, 5) is 9.82. The molecule has 0 saturated carbocycles. The average Bonchev–Trinajstić information content (AvgIpc) is 2.40. The van der Waals surface area contributed by atoms with Gasteiger partial charge in [0.1, 0.15) is 0 Å². The Balaban J connectivity index is -0.000000389. The fraction of sp³-hybridized carbons (Fsp3) is 0.923. The van der Waals surface area contributed by atoms with Crippen LogP contribution in [0.5, 0.6) is 0 Å². The Morgan fingerprint density at radius 3 is 2.00 bits per heavy atom. The molecule has 0 bridgehead atoms. The number of carbonyl (C=O) groups excluding carboxylic acids is 1. The van der Waals surface area contributed by atoms with Crippen molar-refractivity contribution in [2.24, 2.45) is 0 Å². The highest BCUT2D eigenvalue weighted by Crippen LogP contribution is 1.87. The first kappa shape index (κ1) is 23.0. The van der Waals surface area contributed by atoms with Gasteiger partial charge in [-0.3, -0.25) is 4.79 Å². The van der Waals surface area contributed by atoms with Gasteiger partial charge in [-0.2, -0.15) is 0 Å². The van der Waals surface area contributed by atoms with Crippen molar-refractivity contribution in [3.8, 4) is 0 Å². The zero-order chi connectivity index (χ0) is 14.5. The number of rotatable bonds is 10. The molecule has 0 aromatic rings. The summed E-state index contributed by atoms with van der Waals surface area (Å²) in [5.41, 5.74) is 0. The van der Waals surface area contributed by atoms with E-state index in [9.17, 15) is 4.79 Å². The van der Waals surface area contributed by atoms with E-state index in [1.54, 1.807) is 0 Å². The summed E-state index contributed by atoms with van der Waals surface area (Å²) in [7, 11) is 1.08. The molecule has 0 fully saturated rings. The number of amides is 1. The molecule has 0 aromatic heterocycles. The van der Waals surface area contributed by atoms with Gasteiger partial charge in [-0.25, -0.2) is 0 Å². The average molecular weight is 281 g/mol. The Morgan fingerprint density at radius 2 is 1.56 bits per heavy atom. The van der Waals surface area contributed by atoms with E-state index < -0.39 is 0 Å². The van der Waals surface area contributed by atoms with Gasteiger partial charge in [0.05, 0.1) is 19.8 Å². The lowest BCUT2D eigenvalue weighted by Crippen LogP contribution is -2.18. The molecule has 1 amide bonds. The second kappa shape index (κ2) is 30.1. The maximum atomic E-state index is 9.82. The molecule has 1 N–H and O–H groups in total. The van der Waals surface area contributed by atoms with Gasteiger partial charge >= 0.3 is 0 Å². The Hall–Kier alpha value is -0.180. The van der Waals surface area contributed by atoms with Crippen LogP contribution in [-0.2, 0) is 14.3 Å². The third kappa shape index (κ3) is 36.0. The lowest BCUT2D eigenvalue weighted by molar-refractivity contribution is -0.109. The molecule has 0 rings (SSSR count). The molecule has 0 heterocycles. The van der Waals surface area contributed by atoms with Gasteiger partial charge in [-0.1, -0.05) is 27.2 Å². The topological polar surface area (TPSA) is 47.6 Å². The first-order valence-corrected chi connectivity index (χ1v) is 8.74. The van der Waals surface area contributed by atoms with Crippen molar-refractivity contribution in [3.05, 3.63) is 0 Å². The molecule has 0 aromatic carbocycles. The summed E-state index contributed by atoms with van der Waals surface area (Å²) in [5.74, 6) is 0. The highest BCUT2D eigenvalue weighted by atomic mass is 31.1. The fourth-order valence-corrected chi connectivity index (χ4v) is 0.758. The normalized spacial score (nSPS) is 8.50. The number of carbonyl (C=O) groups is 1. The SMILES string of the molecule is CC.CCCCOCCOCCNC=O.CPC. The van der Waals surface area contributed by atoms with Gasteiger partial charge in [0, 0.05) is 13.2 Å². The lowest BCUT2D eigenvalue weighted by Gasteiger charge is -2.04. The van der Waals surface area contributed by atoms with Gasteiger partial charge in [0.25, 0.3) is 0 Å². The van der Waals surface area contributed by atoms with E-state index in [0.717, 1.165) is 28.0 Å². The molecule has 0 saturated heterocycles. The molecule has 0 unspecified atom stereocenters. The van der Waals surface area contributed by atoms with Crippen molar-refractivity contribution >= 4 is 15.0 Å². The molecule has 0 aliphatic heterocycles. The number of ether oxygens (including phenoxy) is 2. The van der Waals surface area contributed by atoms with Gasteiger partial charge in [0.15, 0.2) is 0 Å². The van der Waals surface area contributed by atoms with E-state index in [4.69, 9.17) is 9.47 Å². The van der Waals surface area contributed by atoms with E-state index in [-0.39, 0.29) is 0 Å². The second-order valence-corrected chi connectivity index (χ2v) is 4.15. The van der Waals surface area contributed by atoms with Crippen molar-refractivity contribution < 1.29 is 14.3 Å². The van der Waals surface area contributed by atoms with Crippen molar-refractivity contribution in [2.45, 2.75) is 33.6 Å². The fourth-order valence-electron chi connectivity index (χ4n) is 0.758. The Kier molecular flexibility index (Phi) is 38.4. The Labute approximate surface area is 115 Å². The third-order valence-electron chi connectivity index (χ3n) is 1.49. The van der Waals surface area contributed by atoms with Crippen molar-refractivity contribution in [2.75, 3.05) is 46.3 Å². The van der Waals surface area contributed by atoms with Crippen molar-refractivity contribution in [3.63, 3.8) is 0 Å². The third-order valence-corrected chi connectivity index (χ3v) is 1.49. The van der Waals surface area contributed by atoms with Crippen molar-refractivity contribution in [1.29, 1.82) is 0 Å². The van der Waals surface area contributed by atoms with Crippen LogP contribution in [0.25, 0.3) is 0 Å². The van der Waals surface area contributed by atoms with Crippen molar-refractivity contribution in [1.82, 2.24) is 5.32 Å². The predicted molar refractivity (Wildman–Crippen MR) is 82.1 cm³/mol. The molecule has 5 heteroatoms. The minimum absolute atomic E-state index is 0.551. The van der Waals surface area contributed by atoms with Gasteiger partial charge < -0.3 is 14.8 Å². The van der Waals surface area contributed by atoms with Crippen LogP contribution in [0.2, 0.25) is 0 Å². The zero-order valence-electron chi connectivity index (χ0n) is 12.8. The molecule has 18 heavy (non-hydrogen) atoms. The van der Waals surface area contributed by atoms with Crippen LogP contribution in [0.4, 0.5) is 0 Å². The quantitative estimate of drug-likeness (QED) is 0.380. The van der Waals surface area contributed by atoms with Crippen LogP contribution in [0.15, 0.2) is 0 Å². The standard InChI is InChI=1S/C9H19NO3.C2H7P.C2H6/c1-2-3-5-12-7-8-13-6-4-10-9-11;1-3-2;1-2/h9H,2-8H2,1H3,(H,10,11);3H,1-2H3;1-2H3. The summed E-state index contributed by atoms with van der Waals surface area (Å²) in [6, 6.07) is 0. The molecule has 112 valence electrons. The van der Waals surface area contributed by atoms with E-state index in [2.05, 4.69) is 25.6 Å². The molecular weight excluding hydrogens is 249 g/mol. The van der Waals surface area contributed by atoms with Crippen LogP contribution in [-0.4, -0.2) is 52.7 Å². The number of hydrogen-bond acceptors (Lipinski definition) is 3. The highest BCUT2D eigenvalue weighted by molar-refractivity contribution is 7.35. The monoisotopic (exact) mass is 281 g/mol. The number of unbranched alkanes of at least 4 members (excludes halogenated alkanes) is 1. The summed E-state index contributed by atoms with van der Waals surface area (Å²) in [5, 5.41) is 2.51. The molecule has 4 nitrogen and oxygen atoms in total. The summed E-state index contributed by atoms with van der Waals surface area (Å²) in [6.45, 7) is 13.6. The van der Waals surface area contributed by atoms with Crippen LogP contribution in [0.3, 0.4) is 0 Å². The minimum atomic E-state index is 0.551. The van der Waals surface area contributed by atoms with E-state index in [0.29, 0.717) is 32.8 Å². The summed E-state index contributed by atoms with van der Waals surface area (Å²) >= 11 is 0. The Morgan fingerprint density at radius 1 is 1.06 bits per heavy atom. The van der Waals surface area contributed by atoms with Crippen LogP contribution < -0.4 is 5.32 Å². The predicted octanol–water partition coefficient (Wildman–Crippen LogP) is 2.52. The lowest BCUT2D eigenvalue weighted by atomic mass is 10.4. The maximum absolute atomic E-state index is 9.82. The number of hydrogen-bond donors (Lipinski definition) is 1. The summed E-state index contributed by atoms with van der Waals surface area (Å²) in [6.07, 6.45) is 2.93. The van der Waals surface area contributed by atoms with Gasteiger partial charge in [-0.15, -0.1) is 8.58 Å². The molecular formula is C13H32NO3P. The van der Waals surface area contributed by atoms with E-state index >= 15 is 0 Å². The second-order valence-electron chi connectivity index (χ2n) is 3.15. The highest BCUT2D eigenvalue weighted by Gasteiger charge is 1.89. The van der Waals surface area contributed by atoms with E-state index in [1.807, 2.05) is 13.8 Å². The van der Waals surface area contributed by atoms with Gasteiger partial charge in [0.2, 0.25) is 6.41 Å². The molecule has 0 atom stereocenters. The Bertz CT molecular complexity index is 127. The molecule has 0 aliphatic carbocycles. The number of nitrogens with one attached hydrogen (secondary N) is 1. The first-order chi connectivity index (χ1) is 8.83. The molecule has 0 spiro atoms. The zero-order valence-corrected chi connectivity index (χ0v) is 13.8. The van der Waals surface area contributed by atoms with Crippen LogP contribution in [0.1, 0.15) is 33.6 Å². The first-order valence-electron chi connectivity index (χ1n) is 6.74. The smallest absolute Gasteiger partial charge is 0.207 e. The maximum Gasteiger partial charge on any atom is 0.207 e. The van der Waals surface area contributed by atoms with Crippen LogP contribution >= 0.6 is 8.58 Å². The largest absolute Gasteiger partial charge is 0.379 e. The minimum Gasteiger partial charge on any atom is -0.379 e. The molecule has 0 radical (unpaired) electrons. The van der Waals surface area contributed by atoms with E-state index in [1.165, 1.54) is 0 Å². The molecule has 0 aliphatic rings.